The molecule has 0 saturated carbocycles. The van der Waals surface area contributed by atoms with Crippen LogP contribution in [0.1, 0.15) is 40.6 Å². The lowest BCUT2D eigenvalue weighted by atomic mass is 10.0. The lowest BCUT2D eigenvalue weighted by Crippen LogP contribution is -2.47. The Morgan fingerprint density at radius 3 is 2.91 bits per heavy atom. The number of fused-ring (bicyclic) bond motifs is 1. The summed E-state index contributed by atoms with van der Waals surface area (Å²) in [4.78, 5) is 27.6. The quantitative estimate of drug-likeness (QED) is 0.798. The molecule has 32 heavy (non-hydrogen) atoms. The number of hydrazone groups is 1. The molecule has 0 radical (unpaired) electrons. The monoisotopic (exact) mass is 437 g/mol. The fraction of sp³-hybridized carbons (Fsp3) is 0.318. The molecule has 1 amide bonds. The number of halogens is 2. The topological polar surface area (TPSA) is 86.1 Å². The summed E-state index contributed by atoms with van der Waals surface area (Å²) in [7, 11) is 0. The predicted molar refractivity (Wildman–Crippen MR) is 114 cm³/mol. The lowest BCUT2D eigenvalue weighted by Gasteiger charge is -2.32. The first-order chi connectivity index (χ1) is 15.5. The van der Waals surface area contributed by atoms with Gasteiger partial charge in [0.25, 0.3) is 5.91 Å². The smallest absolute Gasteiger partial charge is 0.272 e. The van der Waals surface area contributed by atoms with E-state index in [0.717, 1.165) is 24.2 Å². The predicted octanol–water partition coefficient (Wildman–Crippen LogP) is 2.55. The largest absolute Gasteiger partial charge is 0.350 e. The molecule has 10 heteroatoms. The van der Waals surface area contributed by atoms with Crippen molar-refractivity contribution >= 4 is 18.0 Å². The molecule has 5 rings (SSSR count). The summed E-state index contributed by atoms with van der Waals surface area (Å²) < 4.78 is 28.2. The van der Waals surface area contributed by atoms with Crippen LogP contribution in [0.5, 0.6) is 0 Å². The Kier molecular flexibility index (Phi) is 5.12. The van der Waals surface area contributed by atoms with E-state index in [4.69, 9.17) is 4.99 Å². The van der Waals surface area contributed by atoms with Crippen molar-refractivity contribution < 1.29 is 13.6 Å². The summed E-state index contributed by atoms with van der Waals surface area (Å²) in [5.41, 5.74) is 1.25. The molecule has 2 unspecified atom stereocenters. The van der Waals surface area contributed by atoms with Crippen molar-refractivity contribution in [2.75, 3.05) is 6.54 Å². The second-order valence-corrected chi connectivity index (χ2v) is 7.92. The Balaban J connectivity index is 1.36. The number of nitrogens with zero attached hydrogens (tertiary/aromatic N) is 6. The number of aliphatic imine (C=N–C) groups is 1. The second-order valence-electron chi connectivity index (χ2n) is 7.92. The second kappa shape index (κ2) is 8.10. The maximum Gasteiger partial charge on any atom is 0.272 e. The van der Waals surface area contributed by atoms with E-state index in [9.17, 15) is 13.6 Å². The maximum absolute atomic E-state index is 14.4. The number of rotatable bonds is 3. The van der Waals surface area contributed by atoms with Gasteiger partial charge >= 0.3 is 0 Å². The highest BCUT2D eigenvalue weighted by molar-refractivity contribution is 5.96. The molecule has 1 N–H and O–H groups in total. The number of aromatic nitrogens is 2. The Morgan fingerprint density at radius 1 is 1.22 bits per heavy atom. The number of benzene rings is 1. The van der Waals surface area contributed by atoms with Gasteiger partial charge in [-0.3, -0.25) is 9.78 Å². The molecule has 0 bridgehead atoms. The van der Waals surface area contributed by atoms with Crippen molar-refractivity contribution in [1.29, 1.82) is 0 Å². The first-order valence-electron chi connectivity index (χ1n) is 10.4. The zero-order valence-corrected chi connectivity index (χ0v) is 17.3. The van der Waals surface area contributed by atoms with E-state index in [-0.39, 0.29) is 17.6 Å². The van der Waals surface area contributed by atoms with E-state index in [0.29, 0.717) is 24.4 Å². The molecule has 3 aliphatic heterocycles. The third-order valence-electron chi connectivity index (χ3n) is 5.77. The molecule has 8 nitrogen and oxygen atoms in total. The van der Waals surface area contributed by atoms with Gasteiger partial charge in [-0.25, -0.2) is 23.8 Å². The number of hydrogen-bond acceptors (Lipinski definition) is 7. The molecule has 0 aliphatic carbocycles. The molecule has 2 aromatic rings. The SMILES string of the molecule is Cc1cnc(C(=O)NC2C=NN3C=CC(N4CCC[C@@H]4c4cc(F)ccc4F)=NC23)cn1. The van der Waals surface area contributed by atoms with E-state index >= 15 is 0 Å². The molecule has 1 aromatic heterocycles. The number of nitrogens with one attached hydrogen (secondary N) is 1. The van der Waals surface area contributed by atoms with Gasteiger partial charge in [-0.2, -0.15) is 5.10 Å². The van der Waals surface area contributed by atoms with Crippen molar-refractivity contribution in [3.05, 3.63) is 71.5 Å². The molecule has 1 aromatic carbocycles. The van der Waals surface area contributed by atoms with Crippen molar-refractivity contribution in [1.82, 2.24) is 25.2 Å². The van der Waals surface area contributed by atoms with Crippen LogP contribution >= 0.6 is 0 Å². The number of carbonyl (C=O) groups is 1. The third-order valence-corrected chi connectivity index (χ3v) is 5.77. The molecular weight excluding hydrogens is 416 g/mol. The van der Waals surface area contributed by atoms with Crippen LogP contribution < -0.4 is 5.32 Å². The molecular formula is C22H21F2N7O. The van der Waals surface area contributed by atoms with Crippen LogP contribution in [0.3, 0.4) is 0 Å². The van der Waals surface area contributed by atoms with Gasteiger partial charge in [-0.15, -0.1) is 0 Å². The highest BCUT2D eigenvalue weighted by atomic mass is 19.1. The minimum Gasteiger partial charge on any atom is -0.350 e. The summed E-state index contributed by atoms with van der Waals surface area (Å²) in [6.45, 7) is 2.47. The lowest BCUT2D eigenvalue weighted by molar-refractivity contribution is 0.0930. The summed E-state index contributed by atoms with van der Waals surface area (Å²) in [6, 6.07) is 2.75. The third kappa shape index (κ3) is 3.72. The van der Waals surface area contributed by atoms with Gasteiger partial charge in [0.05, 0.1) is 24.1 Å². The van der Waals surface area contributed by atoms with Crippen LogP contribution in [0.25, 0.3) is 0 Å². The minimum absolute atomic E-state index is 0.208. The molecule has 3 aliphatic rings. The summed E-state index contributed by atoms with van der Waals surface area (Å²) in [5, 5.41) is 8.84. The van der Waals surface area contributed by atoms with Crippen LogP contribution in [-0.2, 0) is 0 Å². The van der Waals surface area contributed by atoms with E-state index in [1.807, 2.05) is 4.90 Å². The zero-order valence-electron chi connectivity index (χ0n) is 17.3. The molecule has 1 fully saturated rings. The van der Waals surface area contributed by atoms with E-state index in [2.05, 4.69) is 20.4 Å². The van der Waals surface area contributed by atoms with Crippen LogP contribution in [0, 0.1) is 18.6 Å². The van der Waals surface area contributed by atoms with Gasteiger partial charge in [0.2, 0.25) is 0 Å². The van der Waals surface area contributed by atoms with Crippen molar-refractivity contribution in [2.24, 2.45) is 10.1 Å². The van der Waals surface area contributed by atoms with E-state index in [1.165, 1.54) is 18.5 Å². The highest BCUT2D eigenvalue weighted by Crippen LogP contribution is 2.35. The zero-order chi connectivity index (χ0) is 22.2. The average Bonchev–Trinajstić information content (AvgIpc) is 3.43. The standard InChI is InChI=1S/C22H21F2N7O/c1-13-10-26-18(11-25-13)22(32)28-17-12-27-31-8-6-20(29-21(17)31)30-7-2-3-19(30)15-9-14(23)4-5-16(15)24/h4-6,8-12,17,19,21H,2-3,7H2,1H3,(H,28,32)/t17?,19-,21?/m1/s1. The van der Waals surface area contributed by atoms with Gasteiger partial charge in [0, 0.05) is 24.5 Å². The first kappa shape index (κ1) is 20.2. The van der Waals surface area contributed by atoms with Gasteiger partial charge in [0.15, 0.2) is 6.17 Å². The Bertz CT molecular complexity index is 1130. The van der Waals surface area contributed by atoms with Gasteiger partial charge < -0.3 is 10.2 Å². The Hall–Kier alpha value is -3.69. The first-order valence-corrected chi connectivity index (χ1v) is 10.4. The number of carbonyl (C=O) groups excluding carboxylic acids is 1. The number of likely N-dealkylation sites (tertiary alicyclic amines) is 1. The number of amides is 1. The van der Waals surface area contributed by atoms with Crippen molar-refractivity contribution in [2.45, 2.75) is 38.0 Å². The maximum atomic E-state index is 14.4. The summed E-state index contributed by atoms with van der Waals surface area (Å²) in [5.74, 6) is -0.620. The number of aryl methyl sites for hydroxylation is 1. The summed E-state index contributed by atoms with van der Waals surface area (Å²) >= 11 is 0. The molecule has 164 valence electrons. The van der Waals surface area contributed by atoms with E-state index in [1.54, 1.807) is 30.4 Å². The van der Waals surface area contributed by atoms with Gasteiger partial charge in [-0.1, -0.05) is 0 Å². The van der Waals surface area contributed by atoms with Crippen LogP contribution in [-0.4, -0.2) is 56.6 Å². The molecule has 4 heterocycles. The Labute approximate surface area is 183 Å². The van der Waals surface area contributed by atoms with Crippen LogP contribution in [0.15, 0.2) is 53.0 Å². The molecule has 1 saturated heterocycles. The average molecular weight is 437 g/mol. The van der Waals surface area contributed by atoms with Crippen molar-refractivity contribution in [3.63, 3.8) is 0 Å². The fourth-order valence-corrected chi connectivity index (χ4v) is 4.20. The van der Waals surface area contributed by atoms with Crippen LogP contribution in [0.2, 0.25) is 0 Å². The van der Waals surface area contributed by atoms with Gasteiger partial charge in [0.1, 0.15) is 29.2 Å². The minimum atomic E-state index is -0.476. The molecule has 0 spiro atoms. The van der Waals surface area contributed by atoms with Crippen LogP contribution in [0.4, 0.5) is 8.78 Å². The van der Waals surface area contributed by atoms with E-state index < -0.39 is 23.8 Å². The van der Waals surface area contributed by atoms with Gasteiger partial charge in [-0.05, 0) is 44.0 Å². The van der Waals surface area contributed by atoms with Crippen molar-refractivity contribution in [3.8, 4) is 0 Å². The summed E-state index contributed by atoms with van der Waals surface area (Å²) in [6.07, 6.45) is 9.21. The Morgan fingerprint density at radius 2 is 2.09 bits per heavy atom. The fourth-order valence-electron chi connectivity index (χ4n) is 4.20. The molecule has 3 atom stereocenters. The number of hydrogen-bond donors (Lipinski definition) is 1. The normalized spacial score (nSPS) is 24.0. The number of amidine groups is 1. The highest BCUT2D eigenvalue weighted by Gasteiger charge is 2.37.